The van der Waals surface area contributed by atoms with Crippen molar-refractivity contribution in [1.29, 1.82) is 0 Å². The zero-order valence-electron chi connectivity index (χ0n) is 12.3. The van der Waals surface area contributed by atoms with E-state index in [1.807, 2.05) is 6.08 Å². The zero-order chi connectivity index (χ0) is 17.4. The van der Waals surface area contributed by atoms with Crippen LogP contribution >= 0.6 is 11.6 Å². The number of allylic oxidation sites excluding steroid dienone is 1. The maximum Gasteiger partial charge on any atom is 0.341 e. The van der Waals surface area contributed by atoms with Crippen LogP contribution in [0.1, 0.15) is 17.5 Å². The maximum atomic E-state index is 14.3. The Hall–Kier alpha value is -2.67. The molecule has 6 nitrogen and oxygen atoms in total. The molecule has 1 aliphatic rings. The number of fused-ring (bicyclic) bond motifs is 1. The molecule has 0 spiro atoms. The summed E-state index contributed by atoms with van der Waals surface area (Å²) >= 11 is 5.85. The number of hydrogen-bond donors (Lipinski definition) is 3. The largest absolute Gasteiger partial charge is 0.494 e. The molecule has 0 aliphatic heterocycles. The number of aromatic hydroxyl groups is 2. The van der Waals surface area contributed by atoms with Gasteiger partial charge in [0.2, 0.25) is 11.8 Å². The summed E-state index contributed by atoms with van der Waals surface area (Å²) in [5, 5.41) is 29.2. The molecule has 1 aromatic heterocycles. The van der Waals surface area contributed by atoms with Gasteiger partial charge in [-0.2, -0.15) is 0 Å². The Kier molecular flexibility index (Phi) is 4.11. The number of nitrogens with zero attached hydrogens (tertiary/aromatic N) is 1. The number of carboxylic acid groups (broad SMARTS) is 1. The Labute approximate surface area is 141 Å². The van der Waals surface area contributed by atoms with E-state index >= 15 is 0 Å². The van der Waals surface area contributed by atoms with Crippen molar-refractivity contribution in [2.24, 2.45) is 0 Å². The fourth-order valence-electron chi connectivity index (χ4n) is 2.63. The number of rotatable bonds is 4. The number of halogens is 2. The van der Waals surface area contributed by atoms with Crippen molar-refractivity contribution in [3.8, 4) is 23.2 Å². The lowest BCUT2D eigenvalue weighted by Gasteiger charge is -2.12. The number of aliphatic carboxylic acids is 1. The first-order valence-electron chi connectivity index (χ1n) is 7.06. The van der Waals surface area contributed by atoms with E-state index in [1.165, 1.54) is 0 Å². The van der Waals surface area contributed by atoms with Crippen LogP contribution in [0.5, 0.6) is 17.5 Å². The van der Waals surface area contributed by atoms with Gasteiger partial charge in [-0.25, -0.2) is 13.8 Å². The summed E-state index contributed by atoms with van der Waals surface area (Å²) in [4.78, 5) is 10.6. The number of carbonyl (C=O) groups is 1. The van der Waals surface area contributed by atoms with Crippen molar-refractivity contribution >= 4 is 23.6 Å². The molecular weight excluding hydrogens is 341 g/mol. The molecule has 0 saturated heterocycles. The minimum atomic E-state index is -1.22. The molecule has 8 heteroatoms. The molecule has 1 aliphatic carbocycles. The Morgan fingerprint density at radius 2 is 2.08 bits per heavy atom. The summed E-state index contributed by atoms with van der Waals surface area (Å²) < 4.78 is 20.3. The van der Waals surface area contributed by atoms with E-state index in [-0.39, 0.29) is 28.2 Å². The van der Waals surface area contributed by atoms with Gasteiger partial charge in [-0.15, -0.1) is 0 Å². The van der Waals surface area contributed by atoms with E-state index in [2.05, 4.69) is 0 Å². The summed E-state index contributed by atoms with van der Waals surface area (Å²) in [5.41, 5.74) is 0.732. The van der Waals surface area contributed by atoms with Crippen molar-refractivity contribution < 1.29 is 29.2 Å². The van der Waals surface area contributed by atoms with Gasteiger partial charge < -0.3 is 20.1 Å². The molecule has 126 valence electrons. The zero-order valence-corrected chi connectivity index (χ0v) is 13.0. The highest BCUT2D eigenvalue weighted by atomic mass is 35.5. The topological polar surface area (TPSA) is 91.9 Å². The van der Waals surface area contributed by atoms with Gasteiger partial charge >= 0.3 is 5.97 Å². The van der Waals surface area contributed by atoms with E-state index in [1.54, 1.807) is 6.08 Å². The molecule has 1 aromatic carbocycles. The molecule has 0 amide bonds. The molecule has 0 unspecified atom stereocenters. The van der Waals surface area contributed by atoms with Gasteiger partial charge in [-0.1, -0.05) is 23.8 Å². The third-order valence-corrected chi connectivity index (χ3v) is 3.99. The number of hydrogen-bond acceptors (Lipinski definition) is 4. The van der Waals surface area contributed by atoms with E-state index in [0.717, 1.165) is 16.7 Å². The lowest BCUT2D eigenvalue weighted by molar-refractivity contribution is -0.139. The first-order chi connectivity index (χ1) is 11.4. The minimum Gasteiger partial charge on any atom is -0.494 e. The van der Waals surface area contributed by atoms with E-state index in [9.17, 15) is 19.4 Å². The third kappa shape index (κ3) is 2.67. The second-order valence-electron chi connectivity index (χ2n) is 5.23. The fraction of sp³-hybridized carbons (Fsp3) is 0.188. The van der Waals surface area contributed by atoms with Gasteiger partial charge in [-0.3, -0.25) is 0 Å². The predicted octanol–water partition coefficient (Wildman–Crippen LogP) is 3.10. The van der Waals surface area contributed by atoms with Crippen LogP contribution < -0.4 is 4.74 Å². The molecule has 0 atom stereocenters. The number of ether oxygens (including phenoxy) is 1. The van der Waals surface area contributed by atoms with Crippen LogP contribution in [0.3, 0.4) is 0 Å². The third-order valence-electron chi connectivity index (χ3n) is 3.70. The van der Waals surface area contributed by atoms with Crippen LogP contribution in [-0.2, 0) is 11.2 Å². The first kappa shape index (κ1) is 16.2. The molecule has 0 saturated carbocycles. The SMILES string of the molecule is O=C(O)COc1cc(-n2c(O)c3c(c2O)CCC=C3)c(F)cc1Cl. The van der Waals surface area contributed by atoms with Crippen molar-refractivity contribution in [2.45, 2.75) is 12.8 Å². The summed E-state index contributed by atoms with van der Waals surface area (Å²) in [6, 6.07) is 2.07. The van der Waals surface area contributed by atoms with Crippen molar-refractivity contribution in [3.63, 3.8) is 0 Å². The van der Waals surface area contributed by atoms with Crippen molar-refractivity contribution in [1.82, 2.24) is 4.57 Å². The maximum absolute atomic E-state index is 14.3. The summed E-state index contributed by atoms with van der Waals surface area (Å²) in [5.74, 6) is -2.69. The van der Waals surface area contributed by atoms with Crippen LogP contribution in [0, 0.1) is 5.82 Å². The van der Waals surface area contributed by atoms with Gasteiger partial charge in [0, 0.05) is 17.2 Å². The van der Waals surface area contributed by atoms with Crippen molar-refractivity contribution in [3.05, 3.63) is 40.2 Å². The quantitative estimate of drug-likeness (QED) is 0.785. The van der Waals surface area contributed by atoms with E-state index < -0.39 is 18.4 Å². The summed E-state index contributed by atoms with van der Waals surface area (Å²) in [7, 11) is 0. The summed E-state index contributed by atoms with van der Waals surface area (Å²) in [6.45, 7) is -0.659. The number of aromatic nitrogens is 1. The van der Waals surface area contributed by atoms with Gasteiger partial charge in [0.15, 0.2) is 6.61 Å². The van der Waals surface area contributed by atoms with Crippen LogP contribution in [0.4, 0.5) is 4.39 Å². The minimum absolute atomic E-state index is 0.0727. The molecule has 24 heavy (non-hydrogen) atoms. The standard InChI is InChI=1S/C16H13ClFNO5/c17-10-5-11(18)12(6-13(10)24-7-14(20)21)19-15(22)8-3-1-2-4-9(8)16(19)23/h1,3,5-6,22-23H,2,4,7H2,(H,20,21). The van der Waals surface area contributed by atoms with Gasteiger partial charge in [-0.05, 0) is 18.9 Å². The number of carboxylic acids is 1. The van der Waals surface area contributed by atoms with Crippen LogP contribution in [0.15, 0.2) is 18.2 Å². The predicted molar refractivity (Wildman–Crippen MR) is 84.6 cm³/mol. The molecule has 3 N–H and O–H groups in total. The Balaban J connectivity index is 2.13. The van der Waals surface area contributed by atoms with Crippen LogP contribution in [-0.4, -0.2) is 32.5 Å². The average Bonchev–Trinajstić information content (AvgIpc) is 2.79. The molecule has 2 aromatic rings. The molecule has 3 rings (SSSR count). The lowest BCUT2D eigenvalue weighted by Crippen LogP contribution is -2.10. The Morgan fingerprint density at radius 3 is 2.75 bits per heavy atom. The molecule has 0 radical (unpaired) electrons. The molecule has 1 heterocycles. The number of benzene rings is 1. The highest BCUT2D eigenvalue weighted by Crippen LogP contribution is 2.42. The lowest BCUT2D eigenvalue weighted by atomic mass is 10.0. The highest BCUT2D eigenvalue weighted by molar-refractivity contribution is 6.32. The normalized spacial score (nSPS) is 12.9. The van der Waals surface area contributed by atoms with Gasteiger partial charge in [0.25, 0.3) is 0 Å². The second-order valence-corrected chi connectivity index (χ2v) is 5.64. The highest BCUT2D eigenvalue weighted by Gasteiger charge is 2.25. The van der Waals surface area contributed by atoms with Crippen molar-refractivity contribution in [2.75, 3.05) is 6.61 Å². The monoisotopic (exact) mass is 353 g/mol. The van der Waals surface area contributed by atoms with Crippen LogP contribution in [0.2, 0.25) is 5.02 Å². The van der Waals surface area contributed by atoms with E-state index in [0.29, 0.717) is 24.0 Å². The van der Waals surface area contributed by atoms with E-state index in [4.69, 9.17) is 21.4 Å². The molecule has 0 bridgehead atoms. The van der Waals surface area contributed by atoms with Crippen LogP contribution in [0.25, 0.3) is 11.8 Å². The fourth-order valence-corrected chi connectivity index (χ4v) is 2.83. The summed E-state index contributed by atoms with van der Waals surface area (Å²) in [6.07, 6.45) is 4.70. The smallest absolute Gasteiger partial charge is 0.341 e. The first-order valence-corrected chi connectivity index (χ1v) is 7.44. The van der Waals surface area contributed by atoms with Gasteiger partial charge in [0.05, 0.1) is 10.7 Å². The average molecular weight is 354 g/mol. The van der Waals surface area contributed by atoms with Gasteiger partial charge in [0.1, 0.15) is 11.6 Å². The Bertz CT molecular complexity index is 859. The molecule has 0 fully saturated rings. The second kappa shape index (κ2) is 6.09. The molecular formula is C16H13ClFNO5. The Morgan fingerprint density at radius 1 is 1.33 bits per heavy atom.